The summed E-state index contributed by atoms with van der Waals surface area (Å²) in [5.41, 5.74) is 10.2. The Labute approximate surface area is 156 Å². The zero-order valence-corrected chi connectivity index (χ0v) is 15.1. The Morgan fingerprint density at radius 3 is 2.85 bits per heavy atom. The number of pyridine rings is 2. The first-order chi connectivity index (χ1) is 13.2. The van der Waals surface area contributed by atoms with E-state index in [1.807, 2.05) is 12.4 Å². The van der Waals surface area contributed by atoms with Crippen molar-refractivity contribution < 1.29 is 0 Å². The molecule has 5 nitrogen and oxygen atoms in total. The van der Waals surface area contributed by atoms with Gasteiger partial charge in [-0.15, -0.1) is 0 Å². The molecule has 0 aliphatic heterocycles. The topological polar surface area (TPSA) is 76.7 Å². The van der Waals surface area contributed by atoms with Gasteiger partial charge in [-0.1, -0.05) is 12.1 Å². The number of nitrogens with one attached hydrogen (secondary N) is 1. The van der Waals surface area contributed by atoms with E-state index >= 15 is 0 Å². The van der Waals surface area contributed by atoms with Crippen molar-refractivity contribution in [2.75, 3.05) is 6.54 Å². The molecule has 0 spiro atoms. The Morgan fingerprint density at radius 2 is 2.04 bits per heavy atom. The third-order valence-corrected chi connectivity index (χ3v) is 5.46. The number of nitrogens with two attached hydrogens (primary N) is 1. The zero-order valence-electron chi connectivity index (χ0n) is 15.1. The second-order valence-electron chi connectivity index (χ2n) is 7.47. The van der Waals surface area contributed by atoms with E-state index in [1.54, 1.807) is 10.8 Å². The van der Waals surface area contributed by atoms with Crippen molar-refractivity contribution in [2.45, 2.75) is 31.7 Å². The van der Waals surface area contributed by atoms with Crippen LogP contribution >= 0.6 is 0 Å². The summed E-state index contributed by atoms with van der Waals surface area (Å²) in [4.78, 5) is 20.7. The highest BCUT2D eigenvalue weighted by Gasteiger charge is 2.26. The van der Waals surface area contributed by atoms with Gasteiger partial charge >= 0.3 is 0 Å². The van der Waals surface area contributed by atoms with Crippen molar-refractivity contribution in [2.24, 2.45) is 5.73 Å². The fourth-order valence-corrected chi connectivity index (χ4v) is 3.89. The van der Waals surface area contributed by atoms with Crippen LogP contribution in [-0.4, -0.2) is 21.1 Å². The van der Waals surface area contributed by atoms with E-state index in [2.05, 4.69) is 40.3 Å². The molecule has 0 bridgehead atoms. The number of fused-ring (bicyclic) bond motifs is 2. The van der Waals surface area contributed by atoms with Crippen molar-refractivity contribution in [3.05, 3.63) is 76.1 Å². The summed E-state index contributed by atoms with van der Waals surface area (Å²) in [5, 5.41) is 2.94. The van der Waals surface area contributed by atoms with E-state index in [1.165, 1.54) is 23.8 Å². The van der Waals surface area contributed by atoms with Gasteiger partial charge in [0, 0.05) is 29.8 Å². The summed E-state index contributed by atoms with van der Waals surface area (Å²) in [7, 11) is 0. The van der Waals surface area contributed by atoms with Gasteiger partial charge in [0.25, 0.3) is 5.56 Å². The van der Waals surface area contributed by atoms with Crippen LogP contribution < -0.4 is 11.3 Å². The number of H-pyrrole nitrogens is 1. The summed E-state index contributed by atoms with van der Waals surface area (Å²) in [6.07, 6.45) is 8.77. The molecule has 3 aromatic heterocycles. The van der Waals surface area contributed by atoms with Crippen LogP contribution in [0.3, 0.4) is 0 Å². The van der Waals surface area contributed by atoms with Crippen LogP contribution in [0.1, 0.15) is 35.6 Å². The van der Waals surface area contributed by atoms with Crippen LogP contribution in [-0.2, 0) is 13.0 Å². The largest absolute Gasteiger partial charge is 0.358 e. The van der Waals surface area contributed by atoms with Gasteiger partial charge < -0.3 is 15.3 Å². The monoisotopic (exact) mass is 358 g/mol. The van der Waals surface area contributed by atoms with E-state index in [4.69, 9.17) is 5.73 Å². The van der Waals surface area contributed by atoms with Gasteiger partial charge in [0.2, 0.25) is 0 Å². The first-order valence-electron chi connectivity index (χ1n) is 9.50. The number of hydrogen-bond acceptors (Lipinski definition) is 3. The summed E-state index contributed by atoms with van der Waals surface area (Å²) in [5.74, 6) is 0.578. The minimum atomic E-state index is 0.0258. The summed E-state index contributed by atoms with van der Waals surface area (Å²) in [6, 6.07) is 10.5. The maximum absolute atomic E-state index is 13.0. The molecule has 0 unspecified atom stereocenters. The highest BCUT2D eigenvalue weighted by atomic mass is 16.1. The van der Waals surface area contributed by atoms with E-state index in [0.29, 0.717) is 24.4 Å². The number of benzene rings is 1. The normalized spacial score (nSPS) is 14.3. The van der Waals surface area contributed by atoms with Gasteiger partial charge in [0.15, 0.2) is 0 Å². The SMILES string of the molecule is NCCc1cc2ccc(Cn3ccc4c(C5CC5)cncc4c3=O)cc2[nH]1. The van der Waals surface area contributed by atoms with Crippen molar-refractivity contribution in [3.63, 3.8) is 0 Å². The van der Waals surface area contributed by atoms with Gasteiger partial charge in [-0.2, -0.15) is 0 Å². The summed E-state index contributed by atoms with van der Waals surface area (Å²) in [6.45, 7) is 1.17. The maximum atomic E-state index is 13.0. The second kappa shape index (κ2) is 6.35. The van der Waals surface area contributed by atoms with Gasteiger partial charge in [0.1, 0.15) is 0 Å². The molecule has 5 heteroatoms. The van der Waals surface area contributed by atoms with Crippen molar-refractivity contribution >= 4 is 21.7 Å². The standard InChI is InChI=1S/C22H22N4O/c23-7-5-17-10-16-2-1-14(9-21(16)25-17)13-26-8-6-18-19(15-3-4-15)11-24-12-20(18)22(26)27/h1-2,6,8-12,15,25H,3-5,7,13,23H2. The van der Waals surface area contributed by atoms with Gasteiger partial charge in [-0.3, -0.25) is 9.78 Å². The average Bonchev–Trinajstić information content (AvgIpc) is 3.44. The molecular formula is C22H22N4O. The molecule has 0 radical (unpaired) electrons. The van der Waals surface area contributed by atoms with Gasteiger partial charge in [-0.25, -0.2) is 0 Å². The molecule has 5 rings (SSSR count). The molecule has 0 amide bonds. The fraction of sp³-hybridized carbons (Fsp3) is 0.273. The van der Waals surface area contributed by atoms with Gasteiger partial charge in [-0.05, 0) is 71.8 Å². The van der Waals surface area contributed by atoms with Crippen LogP contribution in [0, 0.1) is 0 Å². The molecule has 0 saturated heterocycles. The molecule has 0 atom stereocenters. The Kier molecular flexibility index (Phi) is 3.83. The van der Waals surface area contributed by atoms with E-state index in [-0.39, 0.29) is 5.56 Å². The predicted octanol–water partition coefficient (Wildman–Crippen LogP) is 3.30. The summed E-state index contributed by atoms with van der Waals surface area (Å²) >= 11 is 0. The molecule has 4 aromatic rings. The number of nitrogens with zero attached hydrogens (tertiary/aromatic N) is 2. The first kappa shape index (κ1) is 16.3. The number of hydrogen-bond donors (Lipinski definition) is 2. The van der Waals surface area contributed by atoms with Crippen LogP contribution in [0.2, 0.25) is 0 Å². The highest BCUT2D eigenvalue weighted by molar-refractivity contribution is 5.84. The average molecular weight is 358 g/mol. The van der Waals surface area contributed by atoms with Crippen molar-refractivity contribution in [1.29, 1.82) is 0 Å². The Hall–Kier alpha value is -2.92. The third-order valence-electron chi connectivity index (χ3n) is 5.46. The van der Waals surface area contributed by atoms with E-state index < -0.39 is 0 Å². The lowest BCUT2D eigenvalue weighted by Gasteiger charge is -2.10. The minimum Gasteiger partial charge on any atom is -0.358 e. The minimum absolute atomic E-state index is 0.0258. The highest BCUT2D eigenvalue weighted by Crippen LogP contribution is 2.42. The van der Waals surface area contributed by atoms with E-state index in [9.17, 15) is 4.79 Å². The van der Waals surface area contributed by atoms with E-state index in [0.717, 1.165) is 28.6 Å². The fourth-order valence-electron chi connectivity index (χ4n) is 3.89. The quantitative estimate of drug-likeness (QED) is 0.575. The Bertz CT molecular complexity index is 1200. The summed E-state index contributed by atoms with van der Waals surface area (Å²) < 4.78 is 1.77. The lowest BCUT2D eigenvalue weighted by atomic mass is 10.1. The van der Waals surface area contributed by atoms with Crippen LogP contribution in [0.25, 0.3) is 21.7 Å². The van der Waals surface area contributed by atoms with Gasteiger partial charge in [0.05, 0.1) is 11.9 Å². The molecule has 3 heterocycles. The van der Waals surface area contributed by atoms with Crippen LogP contribution in [0.15, 0.2) is 53.7 Å². The molecule has 1 saturated carbocycles. The molecule has 1 fully saturated rings. The second-order valence-corrected chi connectivity index (χ2v) is 7.47. The molecule has 1 aromatic carbocycles. The van der Waals surface area contributed by atoms with Crippen molar-refractivity contribution in [3.8, 4) is 0 Å². The van der Waals surface area contributed by atoms with Crippen LogP contribution in [0.5, 0.6) is 0 Å². The lowest BCUT2D eigenvalue weighted by molar-refractivity contribution is 0.768. The Balaban J connectivity index is 1.51. The zero-order chi connectivity index (χ0) is 18.4. The predicted molar refractivity (Wildman–Crippen MR) is 108 cm³/mol. The molecule has 1 aliphatic carbocycles. The number of rotatable bonds is 5. The smallest absolute Gasteiger partial charge is 0.260 e. The lowest BCUT2D eigenvalue weighted by Crippen LogP contribution is -2.20. The molecule has 27 heavy (non-hydrogen) atoms. The molecule has 1 aliphatic rings. The first-order valence-corrected chi connectivity index (χ1v) is 9.50. The Morgan fingerprint density at radius 1 is 1.15 bits per heavy atom. The molecule has 136 valence electrons. The maximum Gasteiger partial charge on any atom is 0.260 e. The number of aromatic nitrogens is 3. The molecular weight excluding hydrogens is 336 g/mol. The number of aromatic amines is 1. The van der Waals surface area contributed by atoms with Crippen molar-refractivity contribution in [1.82, 2.24) is 14.5 Å². The van der Waals surface area contributed by atoms with Crippen LogP contribution in [0.4, 0.5) is 0 Å². The third kappa shape index (κ3) is 2.94. The molecule has 3 N–H and O–H groups in total.